The van der Waals surface area contributed by atoms with Crippen molar-refractivity contribution in [3.63, 3.8) is 0 Å². The zero-order valence-electron chi connectivity index (χ0n) is 26.9. The van der Waals surface area contributed by atoms with Crippen molar-refractivity contribution in [3.8, 4) is 51.0 Å². The Morgan fingerprint density at radius 3 is 1.60 bits per heavy atom. The van der Waals surface area contributed by atoms with Crippen LogP contribution in [0, 0.1) is 0 Å². The summed E-state index contributed by atoms with van der Waals surface area (Å²) in [6.45, 7) is 0. The van der Waals surface area contributed by atoms with Gasteiger partial charge in [0.25, 0.3) is 0 Å². The number of benzene rings is 7. The highest BCUT2D eigenvalue weighted by Gasteiger charge is 2.22. The lowest BCUT2D eigenvalue weighted by molar-refractivity contribution is 0.671. The molecule has 0 radical (unpaired) electrons. The normalized spacial score (nSPS) is 11.6. The molecule has 0 saturated heterocycles. The fourth-order valence-electron chi connectivity index (χ4n) is 7.14. The molecule has 3 aromatic heterocycles. The number of rotatable bonds is 5. The summed E-state index contributed by atoms with van der Waals surface area (Å²) in [6.07, 6.45) is 0. The van der Waals surface area contributed by atoms with Crippen molar-refractivity contribution in [2.24, 2.45) is 0 Å². The third-order valence-electron chi connectivity index (χ3n) is 9.45. The van der Waals surface area contributed by atoms with Gasteiger partial charge >= 0.3 is 0 Å². The van der Waals surface area contributed by atoms with Crippen LogP contribution in [0.4, 0.5) is 0 Å². The topological polar surface area (TPSA) is 56.7 Å². The highest BCUT2D eigenvalue weighted by atomic mass is 16.3. The number of furan rings is 1. The zero-order valence-corrected chi connectivity index (χ0v) is 26.9. The van der Waals surface area contributed by atoms with Crippen molar-refractivity contribution in [3.05, 3.63) is 170 Å². The maximum Gasteiger partial charge on any atom is 0.164 e. The summed E-state index contributed by atoms with van der Waals surface area (Å²) in [5.74, 6) is 1.82. The lowest BCUT2D eigenvalue weighted by atomic mass is 9.96. The van der Waals surface area contributed by atoms with E-state index < -0.39 is 0 Å². The Balaban J connectivity index is 1.29. The number of nitrogens with zero attached hydrogens (tertiary/aromatic N) is 4. The molecule has 0 spiro atoms. The van der Waals surface area contributed by atoms with Crippen molar-refractivity contribution in [1.82, 2.24) is 19.5 Å². The van der Waals surface area contributed by atoms with Gasteiger partial charge in [0.2, 0.25) is 0 Å². The highest BCUT2D eigenvalue weighted by molar-refractivity contribution is 6.22. The van der Waals surface area contributed by atoms with Gasteiger partial charge in [-0.15, -0.1) is 0 Å². The molecule has 0 N–H and O–H groups in total. The van der Waals surface area contributed by atoms with Crippen LogP contribution in [0.25, 0.3) is 94.7 Å². The molecule has 0 unspecified atom stereocenters. The summed E-state index contributed by atoms with van der Waals surface area (Å²) in [5, 5.41) is 4.43. The minimum Gasteiger partial charge on any atom is -0.454 e. The van der Waals surface area contributed by atoms with Crippen LogP contribution in [0.5, 0.6) is 0 Å². The van der Waals surface area contributed by atoms with Crippen LogP contribution >= 0.6 is 0 Å². The van der Waals surface area contributed by atoms with E-state index in [4.69, 9.17) is 19.4 Å². The predicted octanol–water partition coefficient (Wildman–Crippen LogP) is 11.5. The van der Waals surface area contributed by atoms with Crippen molar-refractivity contribution in [2.45, 2.75) is 0 Å². The molecule has 0 amide bonds. The Morgan fingerprint density at radius 1 is 0.400 bits per heavy atom. The molecule has 10 rings (SSSR count). The van der Waals surface area contributed by atoms with Gasteiger partial charge in [-0.05, 0) is 47.5 Å². The number of hydrogen-bond acceptors (Lipinski definition) is 4. The lowest BCUT2D eigenvalue weighted by Gasteiger charge is -2.12. The van der Waals surface area contributed by atoms with E-state index in [9.17, 15) is 0 Å². The van der Waals surface area contributed by atoms with Crippen molar-refractivity contribution >= 4 is 43.7 Å². The molecule has 50 heavy (non-hydrogen) atoms. The molecular formula is C45H28N4O. The summed E-state index contributed by atoms with van der Waals surface area (Å²) in [7, 11) is 0. The number of fused-ring (bicyclic) bond motifs is 7. The minimum atomic E-state index is 0.586. The molecule has 0 bridgehead atoms. The van der Waals surface area contributed by atoms with Gasteiger partial charge < -0.3 is 8.98 Å². The Hall–Kier alpha value is -6.85. The van der Waals surface area contributed by atoms with Gasteiger partial charge in [0, 0.05) is 43.9 Å². The van der Waals surface area contributed by atoms with E-state index in [0.717, 1.165) is 71.9 Å². The molecule has 0 aliphatic rings. The van der Waals surface area contributed by atoms with Crippen LogP contribution in [0.1, 0.15) is 0 Å². The summed E-state index contributed by atoms with van der Waals surface area (Å²) < 4.78 is 9.27. The molecule has 3 heterocycles. The average molecular weight is 641 g/mol. The molecule has 5 heteroatoms. The highest BCUT2D eigenvalue weighted by Crippen LogP contribution is 2.43. The Kier molecular flexibility index (Phi) is 6.42. The first-order valence-corrected chi connectivity index (χ1v) is 16.7. The summed E-state index contributed by atoms with van der Waals surface area (Å²) >= 11 is 0. The van der Waals surface area contributed by atoms with Gasteiger partial charge in [0.15, 0.2) is 23.1 Å². The van der Waals surface area contributed by atoms with Crippen molar-refractivity contribution in [1.29, 1.82) is 0 Å². The second-order valence-electron chi connectivity index (χ2n) is 12.4. The molecule has 0 aliphatic heterocycles. The van der Waals surface area contributed by atoms with Crippen molar-refractivity contribution < 1.29 is 4.42 Å². The maximum atomic E-state index is 6.95. The fourth-order valence-corrected chi connectivity index (χ4v) is 7.14. The SMILES string of the molecule is c1ccc(-c2nc(-c3ccccc3)nc(-c3cc4oc5c(ccc6c7ccccc7n(-c7ccccc7)c65)c4cc3-c3ccccc3)n2)cc1. The monoisotopic (exact) mass is 640 g/mol. The summed E-state index contributed by atoms with van der Waals surface area (Å²) in [4.78, 5) is 15.2. The van der Waals surface area contributed by atoms with Gasteiger partial charge in [-0.3, -0.25) is 0 Å². The first-order chi connectivity index (χ1) is 24.8. The van der Waals surface area contributed by atoms with Gasteiger partial charge in [-0.2, -0.15) is 0 Å². The molecule has 0 aliphatic carbocycles. The van der Waals surface area contributed by atoms with E-state index in [1.807, 2.05) is 72.8 Å². The first kappa shape index (κ1) is 28.2. The first-order valence-electron chi connectivity index (χ1n) is 16.7. The molecule has 7 aromatic carbocycles. The number of hydrogen-bond donors (Lipinski definition) is 0. The number of para-hydroxylation sites is 2. The Bertz CT molecular complexity index is 2780. The summed E-state index contributed by atoms with van der Waals surface area (Å²) in [5.41, 5.74) is 9.71. The second kappa shape index (κ2) is 11.4. The van der Waals surface area contributed by atoms with E-state index in [1.54, 1.807) is 0 Å². The predicted molar refractivity (Wildman–Crippen MR) is 203 cm³/mol. The smallest absolute Gasteiger partial charge is 0.164 e. The second-order valence-corrected chi connectivity index (χ2v) is 12.4. The van der Waals surface area contributed by atoms with Crippen LogP contribution in [0.2, 0.25) is 0 Å². The molecule has 5 nitrogen and oxygen atoms in total. The Morgan fingerprint density at radius 2 is 0.940 bits per heavy atom. The average Bonchev–Trinajstić information content (AvgIpc) is 3.74. The van der Waals surface area contributed by atoms with Crippen LogP contribution in [-0.2, 0) is 0 Å². The third kappa shape index (κ3) is 4.52. The zero-order chi connectivity index (χ0) is 33.0. The maximum absolute atomic E-state index is 6.95. The van der Waals surface area contributed by atoms with E-state index in [0.29, 0.717) is 17.5 Å². The van der Waals surface area contributed by atoms with E-state index in [-0.39, 0.29) is 0 Å². The van der Waals surface area contributed by atoms with Gasteiger partial charge in [-0.1, -0.05) is 133 Å². The largest absolute Gasteiger partial charge is 0.454 e. The summed E-state index contributed by atoms with van der Waals surface area (Å²) in [6, 6.07) is 58.4. The molecular weight excluding hydrogens is 613 g/mol. The minimum absolute atomic E-state index is 0.586. The van der Waals surface area contributed by atoms with E-state index in [2.05, 4.69) is 102 Å². The lowest BCUT2D eigenvalue weighted by Crippen LogP contribution is -2.01. The molecule has 0 atom stereocenters. The molecule has 0 saturated carbocycles. The quantitative estimate of drug-likeness (QED) is 0.188. The van der Waals surface area contributed by atoms with Crippen LogP contribution in [-0.4, -0.2) is 19.5 Å². The van der Waals surface area contributed by atoms with Gasteiger partial charge in [-0.25, -0.2) is 15.0 Å². The molecule has 0 fully saturated rings. The van der Waals surface area contributed by atoms with E-state index in [1.165, 1.54) is 5.39 Å². The number of aromatic nitrogens is 4. The van der Waals surface area contributed by atoms with Crippen molar-refractivity contribution in [2.75, 3.05) is 0 Å². The fraction of sp³-hybridized carbons (Fsp3) is 0. The molecule has 10 aromatic rings. The molecule has 234 valence electrons. The Labute approximate surface area is 287 Å². The van der Waals surface area contributed by atoms with E-state index >= 15 is 0 Å². The standard InChI is InChI=1S/C45H28N4O/c1-5-15-29(16-6-1)36-27-37-35-26-25-34-33-23-13-14-24-39(33)49(32-21-11-4-12-22-32)41(34)42(35)50-40(37)28-38(36)45-47-43(30-17-7-2-8-18-30)46-44(48-45)31-19-9-3-10-20-31/h1-28H. The van der Waals surface area contributed by atoms with Crippen LogP contribution in [0.3, 0.4) is 0 Å². The van der Waals surface area contributed by atoms with Crippen LogP contribution in [0.15, 0.2) is 174 Å². The third-order valence-corrected chi connectivity index (χ3v) is 9.45. The van der Waals surface area contributed by atoms with Gasteiger partial charge in [0.05, 0.1) is 11.0 Å². The van der Waals surface area contributed by atoms with Gasteiger partial charge in [0.1, 0.15) is 5.58 Å². The van der Waals surface area contributed by atoms with Crippen LogP contribution < -0.4 is 0 Å².